The molecule has 0 spiro atoms. The molecule has 16 heavy (non-hydrogen) atoms. The molecule has 0 fully saturated rings. The Kier molecular flexibility index (Phi) is 5.12. The van der Waals surface area contributed by atoms with Crippen molar-refractivity contribution in [1.82, 2.24) is 0 Å². The third kappa shape index (κ3) is 2.92. The van der Waals surface area contributed by atoms with Crippen molar-refractivity contribution in [2.24, 2.45) is 0 Å². The van der Waals surface area contributed by atoms with Crippen LogP contribution < -0.4 is 5.30 Å². The zero-order valence-electron chi connectivity index (χ0n) is 9.07. The van der Waals surface area contributed by atoms with Gasteiger partial charge in [0.15, 0.2) is 0 Å². The van der Waals surface area contributed by atoms with Crippen LogP contribution in [0, 0.1) is 5.82 Å². The summed E-state index contributed by atoms with van der Waals surface area (Å²) in [4.78, 5) is 0. The fourth-order valence-electron chi connectivity index (χ4n) is 1.26. The van der Waals surface area contributed by atoms with E-state index in [4.69, 9.17) is 9.05 Å². The number of halogens is 2. The Morgan fingerprint density at radius 2 is 1.88 bits per heavy atom. The van der Waals surface area contributed by atoms with E-state index < -0.39 is 13.4 Å². The fraction of sp³-hybridized carbons (Fsp3) is 0.400. The molecule has 3 nitrogen and oxygen atoms in total. The summed E-state index contributed by atoms with van der Waals surface area (Å²) in [5.41, 5.74) is 0. The number of hydrogen-bond acceptors (Lipinski definition) is 3. The van der Waals surface area contributed by atoms with Crippen LogP contribution in [0.1, 0.15) is 13.8 Å². The molecule has 0 unspecified atom stereocenters. The Morgan fingerprint density at radius 3 is 2.31 bits per heavy atom. The highest BCUT2D eigenvalue weighted by molar-refractivity contribution is 9.10. The Hall–Kier alpha value is -0.220. The van der Waals surface area contributed by atoms with Crippen LogP contribution in [0.2, 0.25) is 0 Å². The molecule has 0 aromatic heterocycles. The Bertz CT molecular complexity index is 381. The van der Waals surface area contributed by atoms with Crippen LogP contribution >= 0.6 is 23.5 Å². The van der Waals surface area contributed by atoms with Crippen LogP contribution in [0.25, 0.3) is 0 Å². The maximum absolute atomic E-state index is 13.6. The minimum absolute atomic E-state index is 0.0429. The largest absolute Gasteiger partial charge is 0.365 e. The lowest BCUT2D eigenvalue weighted by Gasteiger charge is -2.18. The zero-order chi connectivity index (χ0) is 12.2. The molecule has 0 aliphatic carbocycles. The summed E-state index contributed by atoms with van der Waals surface area (Å²) in [6, 6.07) is 4.35. The predicted octanol–water partition coefficient (Wildman–Crippen LogP) is 3.48. The van der Waals surface area contributed by atoms with Gasteiger partial charge in [0.25, 0.3) is 0 Å². The predicted molar refractivity (Wildman–Crippen MR) is 64.6 cm³/mol. The molecule has 0 heterocycles. The van der Waals surface area contributed by atoms with E-state index >= 15 is 0 Å². The molecule has 0 saturated heterocycles. The molecule has 0 aliphatic heterocycles. The summed E-state index contributed by atoms with van der Waals surface area (Å²) in [6.07, 6.45) is 0. The highest BCUT2D eigenvalue weighted by Crippen LogP contribution is 2.49. The molecule has 6 heteroatoms. The molecule has 0 saturated carbocycles. The average molecular weight is 311 g/mol. The Balaban J connectivity index is 3.26. The van der Waals surface area contributed by atoms with Crippen molar-refractivity contribution < 1.29 is 18.0 Å². The van der Waals surface area contributed by atoms with Crippen LogP contribution in [0.4, 0.5) is 4.39 Å². The molecule has 0 bridgehead atoms. The van der Waals surface area contributed by atoms with Crippen molar-refractivity contribution in [3.8, 4) is 0 Å². The molecule has 0 N–H and O–H groups in total. The molecule has 0 aliphatic rings. The van der Waals surface area contributed by atoms with Gasteiger partial charge in [-0.25, -0.2) is 4.39 Å². The average Bonchev–Trinajstić information content (AvgIpc) is 2.17. The Labute approximate surface area is 103 Å². The van der Waals surface area contributed by atoms with Gasteiger partial charge in [-0.05, 0) is 41.9 Å². The highest BCUT2D eigenvalue weighted by Gasteiger charge is 2.32. The van der Waals surface area contributed by atoms with Gasteiger partial charge in [-0.1, -0.05) is 6.07 Å². The monoisotopic (exact) mass is 310 g/mol. The van der Waals surface area contributed by atoms with Crippen molar-refractivity contribution in [2.45, 2.75) is 13.8 Å². The summed E-state index contributed by atoms with van der Waals surface area (Å²) in [5.74, 6) is -0.598. The lowest BCUT2D eigenvalue weighted by Crippen LogP contribution is -2.16. The fourth-order valence-corrected chi connectivity index (χ4v) is 3.94. The Morgan fingerprint density at radius 1 is 1.31 bits per heavy atom. The minimum atomic E-state index is -3.57. The van der Waals surface area contributed by atoms with Crippen molar-refractivity contribution >= 4 is 28.8 Å². The second kappa shape index (κ2) is 5.92. The highest BCUT2D eigenvalue weighted by atomic mass is 79.9. The summed E-state index contributed by atoms with van der Waals surface area (Å²) in [6.45, 7) is 3.75. The van der Waals surface area contributed by atoms with E-state index in [1.807, 2.05) is 0 Å². The van der Waals surface area contributed by atoms with E-state index in [-0.39, 0.29) is 18.5 Å². The lowest BCUT2D eigenvalue weighted by atomic mass is 10.3. The van der Waals surface area contributed by atoms with Crippen LogP contribution in [0.3, 0.4) is 0 Å². The van der Waals surface area contributed by atoms with Gasteiger partial charge in [-0.15, -0.1) is 0 Å². The summed E-state index contributed by atoms with van der Waals surface area (Å²) in [7, 11) is -3.57. The maximum atomic E-state index is 13.6. The molecule has 90 valence electrons. The van der Waals surface area contributed by atoms with Gasteiger partial charge in [0.1, 0.15) is 11.1 Å². The smallest absolute Gasteiger partial charge is 0.305 e. The molecular formula is C10H13BrFO3P. The molecule has 0 amide bonds. The van der Waals surface area contributed by atoms with Gasteiger partial charge < -0.3 is 9.05 Å². The zero-order valence-corrected chi connectivity index (χ0v) is 11.6. The number of hydrogen-bond donors (Lipinski definition) is 0. The van der Waals surface area contributed by atoms with E-state index in [0.717, 1.165) is 0 Å². The van der Waals surface area contributed by atoms with Gasteiger partial charge in [-0.2, -0.15) is 0 Å². The van der Waals surface area contributed by atoms with Crippen molar-refractivity contribution in [1.29, 1.82) is 0 Å². The quantitative estimate of drug-likeness (QED) is 0.781. The van der Waals surface area contributed by atoms with E-state index in [0.29, 0.717) is 4.47 Å². The van der Waals surface area contributed by atoms with Gasteiger partial charge in [-0.3, -0.25) is 4.57 Å². The number of benzene rings is 1. The van der Waals surface area contributed by atoms with Gasteiger partial charge in [0, 0.05) is 4.47 Å². The summed E-state index contributed by atoms with van der Waals surface area (Å²) < 4.78 is 36.5. The van der Waals surface area contributed by atoms with Crippen molar-refractivity contribution in [3.05, 3.63) is 28.5 Å². The third-order valence-corrected chi connectivity index (χ3v) is 4.98. The lowest BCUT2D eigenvalue weighted by molar-refractivity contribution is 0.229. The molecular weight excluding hydrogens is 298 g/mol. The second-order valence-corrected chi connectivity index (χ2v) is 5.72. The summed E-state index contributed by atoms with van der Waals surface area (Å²) >= 11 is 3.15. The SMILES string of the molecule is CCOP(=O)(OCC)c1c(F)cccc1Br. The van der Waals surface area contributed by atoms with Gasteiger partial charge >= 0.3 is 7.60 Å². The molecule has 0 atom stereocenters. The van der Waals surface area contributed by atoms with Crippen molar-refractivity contribution in [3.63, 3.8) is 0 Å². The van der Waals surface area contributed by atoms with Crippen LogP contribution in [0.5, 0.6) is 0 Å². The maximum Gasteiger partial charge on any atom is 0.365 e. The standard InChI is InChI=1S/C10H13BrFO3P/c1-3-14-16(13,15-4-2)10-8(11)6-5-7-9(10)12/h5-7H,3-4H2,1-2H3. The van der Waals surface area contributed by atoms with E-state index in [1.165, 1.54) is 12.1 Å². The molecule has 1 aromatic carbocycles. The molecule has 1 rings (SSSR count). The summed E-state index contributed by atoms with van der Waals surface area (Å²) in [5, 5.41) is -0.0429. The first-order valence-electron chi connectivity index (χ1n) is 4.88. The van der Waals surface area contributed by atoms with E-state index in [9.17, 15) is 8.96 Å². The first-order chi connectivity index (χ1) is 7.55. The van der Waals surface area contributed by atoms with Crippen molar-refractivity contribution in [2.75, 3.05) is 13.2 Å². The number of rotatable bonds is 5. The molecule has 0 radical (unpaired) electrons. The first kappa shape index (κ1) is 13.8. The molecule has 1 aromatic rings. The second-order valence-electron chi connectivity index (χ2n) is 2.90. The van der Waals surface area contributed by atoms with Gasteiger partial charge in [0.2, 0.25) is 0 Å². The van der Waals surface area contributed by atoms with Gasteiger partial charge in [0.05, 0.1) is 13.2 Å². The first-order valence-corrected chi connectivity index (χ1v) is 7.22. The normalized spacial score (nSPS) is 11.8. The third-order valence-electron chi connectivity index (χ3n) is 1.81. The minimum Gasteiger partial charge on any atom is -0.305 e. The topological polar surface area (TPSA) is 35.5 Å². The van der Waals surface area contributed by atoms with E-state index in [1.54, 1.807) is 19.9 Å². The van der Waals surface area contributed by atoms with E-state index in [2.05, 4.69) is 15.9 Å². The van der Waals surface area contributed by atoms with Crippen LogP contribution in [-0.2, 0) is 13.6 Å². The van der Waals surface area contributed by atoms with Crippen LogP contribution in [0.15, 0.2) is 22.7 Å². The van der Waals surface area contributed by atoms with Crippen LogP contribution in [-0.4, -0.2) is 13.2 Å².